The van der Waals surface area contributed by atoms with Gasteiger partial charge < -0.3 is 8.92 Å². The van der Waals surface area contributed by atoms with E-state index in [0.717, 1.165) is 19.3 Å². The lowest BCUT2D eigenvalue weighted by Crippen LogP contribution is -2.54. The molecule has 1 N–H and O–H groups in total. The van der Waals surface area contributed by atoms with Gasteiger partial charge in [-0.25, -0.2) is 5.01 Å². The van der Waals surface area contributed by atoms with Crippen molar-refractivity contribution in [3.63, 3.8) is 0 Å². The van der Waals surface area contributed by atoms with Crippen LogP contribution in [0.2, 0.25) is 0 Å². The number of benzene rings is 2. The second kappa shape index (κ2) is 9.49. The van der Waals surface area contributed by atoms with Crippen molar-refractivity contribution in [1.29, 1.82) is 0 Å². The van der Waals surface area contributed by atoms with Gasteiger partial charge in [0.2, 0.25) is 0 Å². The maximum atomic E-state index is 12.8. The van der Waals surface area contributed by atoms with Gasteiger partial charge in [0, 0.05) is 17.6 Å². The highest BCUT2D eigenvalue weighted by molar-refractivity contribution is 7.87. The van der Waals surface area contributed by atoms with Gasteiger partial charge in [0.1, 0.15) is 4.90 Å². The van der Waals surface area contributed by atoms with Crippen LogP contribution >= 0.6 is 0 Å². The normalized spacial score (nSPS) is 19.8. The molecule has 0 radical (unpaired) electrons. The summed E-state index contributed by atoms with van der Waals surface area (Å²) in [6.45, 7) is 6.32. The third-order valence-electron chi connectivity index (χ3n) is 5.16. The molecule has 1 fully saturated rings. The number of carbonyl (C=O) groups excluding carboxylic acids is 1. The quantitative estimate of drug-likeness (QED) is 0.671. The van der Waals surface area contributed by atoms with E-state index in [1.807, 2.05) is 5.01 Å². The molecule has 0 aliphatic carbocycles. The Balaban J connectivity index is 1.79. The van der Waals surface area contributed by atoms with Crippen molar-refractivity contribution in [3.05, 3.63) is 54.1 Å². The standard InChI is InChI=1S/C22H28N2O5S/c1-4-28-20-13-5-6-14-21(20)29-30(26,27)19-12-8-11-18(15-19)22(25)23-24-16(2)9-7-10-17(24)3/h5-6,8,11-17H,4,7,9-10H2,1-3H3,(H,23,25)/t16-,17-/m0/s1. The highest BCUT2D eigenvalue weighted by atomic mass is 32.2. The van der Waals surface area contributed by atoms with Crippen LogP contribution < -0.4 is 14.3 Å². The highest BCUT2D eigenvalue weighted by Crippen LogP contribution is 2.29. The van der Waals surface area contributed by atoms with Gasteiger partial charge in [-0.1, -0.05) is 24.6 Å². The first kappa shape index (κ1) is 22.1. The Bertz CT molecular complexity index is 983. The molecule has 8 heteroatoms. The molecule has 7 nitrogen and oxygen atoms in total. The van der Waals surface area contributed by atoms with Gasteiger partial charge in [0.15, 0.2) is 11.5 Å². The number of para-hydroxylation sites is 2. The number of nitrogens with zero attached hydrogens (tertiary/aromatic N) is 1. The Labute approximate surface area is 178 Å². The highest BCUT2D eigenvalue weighted by Gasteiger charge is 2.27. The van der Waals surface area contributed by atoms with Crippen molar-refractivity contribution in [2.75, 3.05) is 6.61 Å². The zero-order chi connectivity index (χ0) is 21.7. The molecule has 3 rings (SSSR count). The maximum absolute atomic E-state index is 12.8. The van der Waals surface area contributed by atoms with Crippen LogP contribution in [-0.2, 0) is 10.1 Å². The number of piperidine rings is 1. The molecule has 1 aliphatic heterocycles. The summed E-state index contributed by atoms with van der Waals surface area (Å²) >= 11 is 0. The summed E-state index contributed by atoms with van der Waals surface area (Å²) in [4.78, 5) is 12.7. The number of ether oxygens (including phenoxy) is 1. The fourth-order valence-electron chi connectivity index (χ4n) is 3.58. The van der Waals surface area contributed by atoms with Crippen LogP contribution in [0.25, 0.3) is 0 Å². The molecule has 0 aromatic heterocycles. The lowest BCUT2D eigenvalue weighted by molar-refractivity contribution is 0.0369. The molecular weight excluding hydrogens is 404 g/mol. The van der Waals surface area contributed by atoms with Crippen LogP contribution in [0.1, 0.15) is 50.4 Å². The Hall–Kier alpha value is -2.58. The largest absolute Gasteiger partial charge is 0.490 e. The molecule has 1 saturated heterocycles. The number of hydrazine groups is 1. The molecule has 162 valence electrons. The molecule has 1 amide bonds. The van der Waals surface area contributed by atoms with Crippen LogP contribution in [0.3, 0.4) is 0 Å². The monoisotopic (exact) mass is 432 g/mol. The Morgan fingerprint density at radius 2 is 1.73 bits per heavy atom. The first-order chi connectivity index (χ1) is 14.3. The second-order valence-corrected chi connectivity index (χ2v) is 8.97. The van der Waals surface area contributed by atoms with Crippen molar-refractivity contribution in [2.24, 2.45) is 0 Å². The van der Waals surface area contributed by atoms with Crippen LogP contribution in [-0.4, -0.2) is 38.0 Å². The molecule has 2 aromatic rings. The third-order valence-corrected chi connectivity index (χ3v) is 6.39. The number of amides is 1. The van der Waals surface area contributed by atoms with E-state index in [0.29, 0.717) is 12.4 Å². The van der Waals surface area contributed by atoms with Crippen LogP contribution in [0.15, 0.2) is 53.4 Å². The average molecular weight is 433 g/mol. The predicted octanol–water partition coefficient (Wildman–Crippen LogP) is 3.76. The summed E-state index contributed by atoms with van der Waals surface area (Å²) in [5.74, 6) is 0.0954. The van der Waals surface area contributed by atoms with E-state index in [4.69, 9.17) is 8.92 Å². The van der Waals surface area contributed by atoms with Crippen molar-refractivity contribution in [3.8, 4) is 11.5 Å². The van der Waals surface area contributed by atoms with Crippen molar-refractivity contribution < 1.29 is 22.1 Å². The number of rotatable bonds is 7. The van der Waals surface area contributed by atoms with E-state index in [-0.39, 0.29) is 34.2 Å². The zero-order valence-corrected chi connectivity index (χ0v) is 18.3. The van der Waals surface area contributed by atoms with Gasteiger partial charge in [-0.3, -0.25) is 10.2 Å². The summed E-state index contributed by atoms with van der Waals surface area (Å²) in [6.07, 6.45) is 3.14. The van der Waals surface area contributed by atoms with Crippen LogP contribution in [0.4, 0.5) is 0 Å². The summed E-state index contributed by atoms with van der Waals surface area (Å²) in [5, 5.41) is 1.95. The van der Waals surface area contributed by atoms with E-state index >= 15 is 0 Å². The minimum absolute atomic E-state index is 0.0961. The molecule has 30 heavy (non-hydrogen) atoms. The van der Waals surface area contributed by atoms with E-state index in [9.17, 15) is 13.2 Å². The van der Waals surface area contributed by atoms with E-state index in [2.05, 4.69) is 19.3 Å². The average Bonchev–Trinajstić information content (AvgIpc) is 2.72. The van der Waals surface area contributed by atoms with E-state index in [1.54, 1.807) is 31.2 Å². The van der Waals surface area contributed by atoms with Gasteiger partial charge in [-0.15, -0.1) is 0 Å². The fourth-order valence-corrected chi connectivity index (χ4v) is 4.56. The first-order valence-corrected chi connectivity index (χ1v) is 11.6. The van der Waals surface area contributed by atoms with Gasteiger partial charge in [-0.2, -0.15) is 8.42 Å². The zero-order valence-electron chi connectivity index (χ0n) is 17.5. The van der Waals surface area contributed by atoms with Crippen molar-refractivity contribution in [2.45, 2.75) is 57.0 Å². The van der Waals surface area contributed by atoms with Crippen molar-refractivity contribution >= 4 is 16.0 Å². The smallest absolute Gasteiger partial charge is 0.339 e. The van der Waals surface area contributed by atoms with E-state index < -0.39 is 10.1 Å². The van der Waals surface area contributed by atoms with Crippen LogP contribution in [0.5, 0.6) is 11.5 Å². The molecule has 0 spiro atoms. The van der Waals surface area contributed by atoms with Crippen molar-refractivity contribution in [1.82, 2.24) is 10.4 Å². The van der Waals surface area contributed by atoms with Gasteiger partial charge in [0.05, 0.1) is 6.61 Å². The summed E-state index contributed by atoms with van der Waals surface area (Å²) < 4.78 is 36.3. The second-order valence-electron chi connectivity index (χ2n) is 7.42. The molecular formula is C22H28N2O5S. The van der Waals surface area contributed by atoms with Crippen LogP contribution in [0, 0.1) is 0 Å². The molecule has 0 bridgehead atoms. The van der Waals surface area contributed by atoms with E-state index in [1.165, 1.54) is 24.3 Å². The number of nitrogens with one attached hydrogen (secondary N) is 1. The molecule has 0 unspecified atom stereocenters. The Morgan fingerprint density at radius 3 is 2.40 bits per heavy atom. The summed E-state index contributed by atoms with van der Waals surface area (Å²) in [5.41, 5.74) is 3.18. The predicted molar refractivity (Wildman–Crippen MR) is 114 cm³/mol. The number of hydrogen-bond donors (Lipinski definition) is 1. The first-order valence-electron chi connectivity index (χ1n) is 10.2. The summed E-state index contributed by atoms with van der Waals surface area (Å²) in [6, 6.07) is 12.9. The Kier molecular flexibility index (Phi) is 6.99. The third kappa shape index (κ3) is 5.12. The Morgan fingerprint density at radius 1 is 1.07 bits per heavy atom. The topological polar surface area (TPSA) is 84.9 Å². The number of carbonyl (C=O) groups is 1. The molecule has 2 aromatic carbocycles. The lowest BCUT2D eigenvalue weighted by atomic mass is 10.00. The molecule has 0 saturated carbocycles. The fraction of sp³-hybridized carbons (Fsp3) is 0.409. The molecule has 1 heterocycles. The molecule has 1 aliphatic rings. The van der Waals surface area contributed by atoms with Gasteiger partial charge in [0.25, 0.3) is 5.91 Å². The SMILES string of the molecule is CCOc1ccccc1OS(=O)(=O)c1cccc(C(=O)NN2[C@@H](C)CCC[C@@H]2C)c1. The number of hydrogen-bond acceptors (Lipinski definition) is 6. The minimum Gasteiger partial charge on any atom is -0.490 e. The maximum Gasteiger partial charge on any atom is 0.339 e. The van der Waals surface area contributed by atoms with Gasteiger partial charge >= 0.3 is 10.1 Å². The minimum atomic E-state index is -4.14. The molecule has 2 atom stereocenters. The van der Waals surface area contributed by atoms with Gasteiger partial charge in [-0.05, 0) is 63.9 Å². The lowest BCUT2D eigenvalue weighted by Gasteiger charge is -2.38. The summed E-state index contributed by atoms with van der Waals surface area (Å²) in [7, 11) is -4.14.